The van der Waals surface area contributed by atoms with E-state index in [1.807, 2.05) is 0 Å². The average molecular weight is 152 g/mol. The third-order valence-electron chi connectivity index (χ3n) is 0.400. The van der Waals surface area contributed by atoms with Crippen molar-refractivity contribution in [3.05, 3.63) is 12.7 Å². The average Bonchev–Trinajstić information content (AvgIpc) is 1.59. The van der Waals surface area contributed by atoms with Crippen LogP contribution in [0.5, 0.6) is 0 Å². The molecular weight excluding hydrogens is 144 g/mol. The second-order valence-electron chi connectivity index (χ2n) is 1.28. The van der Waals surface area contributed by atoms with Crippen molar-refractivity contribution in [3.8, 4) is 0 Å². The van der Waals surface area contributed by atoms with Gasteiger partial charge in [-0.15, -0.1) is 6.58 Å². The lowest BCUT2D eigenvalue weighted by Gasteiger charge is -1.92. The summed E-state index contributed by atoms with van der Waals surface area (Å²) in [5, 5.41) is 0. The Kier molecular flexibility index (Phi) is 2.96. The van der Waals surface area contributed by atoms with Gasteiger partial charge in [-0.05, 0) is 0 Å². The van der Waals surface area contributed by atoms with Crippen LogP contribution in [-0.2, 0) is 13.8 Å². The second-order valence-corrected chi connectivity index (χ2v) is 5.92. The van der Waals surface area contributed by atoms with Crippen LogP contribution in [0.15, 0.2) is 12.7 Å². The summed E-state index contributed by atoms with van der Waals surface area (Å²) in [5.74, 6) is 0. The molecule has 0 aliphatic carbocycles. The molecule has 0 spiro atoms. The number of rotatable bonds is 3. The summed E-state index contributed by atoms with van der Waals surface area (Å²) in [5.41, 5.74) is 0. The molecule has 0 radical (unpaired) electrons. The van der Waals surface area contributed by atoms with Crippen LogP contribution >= 0.6 is 0 Å². The summed E-state index contributed by atoms with van der Waals surface area (Å²) in [6, 6.07) is 0. The Labute approximate surface area is 51.5 Å². The van der Waals surface area contributed by atoms with Gasteiger partial charge in [0, 0.05) is 0 Å². The van der Waals surface area contributed by atoms with Gasteiger partial charge in [-0.1, -0.05) is 6.08 Å². The first kappa shape index (κ1) is 7.87. The molecule has 0 aromatic heterocycles. The largest absolute Gasteiger partial charge is 0.272 e. The van der Waals surface area contributed by atoms with E-state index in [9.17, 15) is 8.42 Å². The lowest BCUT2D eigenvalue weighted by molar-refractivity contribution is 0.369. The van der Waals surface area contributed by atoms with Gasteiger partial charge in [-0.3, -0.25) is 4.18 Å². The third-order valence-corrected chi connectivity index (χ3v) is 1.67. The first-order valence-electron chi connectivity index (χ1n) is 2.01. The molecule has 48 valence electrons. The first-order valence-corrected chi connectivity index (χ1v) is 6.28. The van der Waals surface area contributed by atoms with Crippen LogP contribution in [-0.4, -0.2) is 24.4 Å². The van der Waals surface area contributed by atoms with E-state index in [1.165, 1.54) is 6.08 Å². The molecule has 3 nitrogen and oxygen atoms in total. The zero-order chi connectivity index (χ0) is 6.62. The van der Waals surface area contributed by atoms with Crippen LogP contribution in [0.2, 0.25) is 0 Å². The fraction of sp³-hybridized carbons (Fsp3) is 0.333. The molecule has 0 aromatic rings. The molecular formula is C3H8O3SSi. The van der Waals surface area contributed by atoms with E-state index < -0.39 is 9.57 Å². The van der Waals surface area contributed by atoms with Gasteiger partial charge in [0.1, 0.15) is 0 Å². The normalized spacial score (nSPS) is 11.5. The van der Waals surface area contributed by atoms with Crippen molar-refractivity contribution in [2.45, 2.75) is 0 Å². The Bertz CT molecular complexity index is 159. The van der Waals surface area contributed by atoms with Gasteiger partial charge >= 0.3 is 0 Å². The molecule has 0 aromatic carbocycles. The molecule has 0 aliphatic rings. The standard InChI is InChI=1S/C3H8O3SSi/c1-2-3-6-7(4,5)8/h2H,1,3H2,8H3. The van der Waals surface area contributed by atoms with Gasteiger partial charge in [0.25, 0.3) is 0 Å². The van der Waals surface area contributed by atoms with Crippen LogP contribution in [0, 0.1) is 0 Å². The van der Waals surface area contributed by atoms with E-state index in [0.717, 1.165) is 0 Å². The first-order chi connectivity index (χ1) is 3.56. The predicted octanol–water partition coefficient (Wildman–Crippen LogP) is -1.20. The third kappa shape index (κ3) is 5.87. The van der Waals surface area contributed by atoms with Crippen LogP contribution in [0.3, 0.4) is 0 Å². The molecule has 8 heavy (non-hydrogen) atoms. The zero-order valence-electron chi connectivity index (χ0n) is 4.62. The lowest BCUT2D eigenvalue weighted by atomic mass is 10.7. The quantitative estimate of drug-likeness (QED) is 0.377. The molecule has 0 fully saturated rings. The molecule has 0 unspecified atom stereocenters. The Morgan fingerprint density at radius 1 is 1.75 bits per heavy atom. The van der Waals surface area contributed by atoms with Crippen LogP contribution in [0.25, 0.3) is 0 Å². The molecule has 0 saturated carbocycles. The van der Waals surface area contributed by atoms with Crippen molar-refractivity contribution in [2.75, 3.05) is 6.61 Å². The van der Waals surface area contributed by atoms with Crippen LogP contribution in [0.4, 0.5) is 0 Å². The summed E-state index contributed by atoms with van der Waals surface area (Å²) in [7, 11) is -3.07. The van der Waals surface area contributed by atoms with E-state index >= 15 is 0 Å². The molecule has 5 heteroatoms. The van der Waals surface area contributed by atoms with Crippen LogP contribution < -0.4 is 0 Å². The SMILES string of the molecule is C=CCOS(=O)(=O)[SiH3]. The second kappa shape index (κ2) is 3.01. The highest BCUT2D eigenvalue weighted by Crippen LogP contribution is 1.82. The topological polar surface area (TPSA) is 43.4 Å². The molecule has 0 saturated heterocycles. The van der Waals surface area contributed by atoms with E-state index in [2.05, 4.69) is 10.8 Å². The minimum Gasteiger partial charge on any atom is -0.272 e. The summed E-state index contributed by atoms with van der Waals surface area (Å²) < 4.78 is 24.7. The highest BCUT2D eigenvalue weighted by atomic mass is 32.4. The van der Waals surface area contributed by atoms with Gasteiger partial charge in [-0.25, -0.2) is 8.42 Å². The summed E-state index contributed by atoms with van der Waals surface area (Å²) >= 11 is 0. The van der Waals surface area contributed by atoms with Gasteiger partial charge in [0.2, 0.25) is 9.57 Å². The summed E-state index contributed by atoms with van der Waals surface area (Å²) in [4.78, 5) is 0. The van der Waals surface area contributed by atoms with Crippen molar-refractivity contribution in [3.63, 3.8) is 0 Å². The summed E-state index contributed by atoms with van der Waals surface area (Å²) in [6.07, 6.45) is 1.40. The van der Waals surface area contributed by atoms with Crippen molar-refractivity contribution in [1.82, 2.24) is 0 Å². The Hall–Kier alpha value is -0.133. The van der Waals surface area contributed by atoms with Gasteiger partial charge in [-0.2, -0.15) is 0 Å². The lowest BCUT2D eigenvalue weighted by Crippen LogP contribution is -2.03. The molecule has 0 heterocycles. The van der Waals surface area contributed by atoms with Crippen molar-refractivity contribution >= 4 is 19.0 Å². The summed E-state index contributed by atoms with van der Waals surface area (Å²) in [6.45, 7) is 3.38. The number of hydrogen-bond acceptors (Lipinski definition) is 3. The maximum absolute atomic E-state index is 10.2. The fourth-order valence-corrected chi connectivity index (χ4v) is 0.923. The molecule has 0 aliphatic heterocycles. The zero-order valence-corrected chi connectivity index (χ0v) is 7.44. The maximum Gasteiger partial charge on any atom is 0.220 e. The highest BCUT2D eigenvalue weighted by Gasteiger charge is 1.95. The van der Waals surface area contributed by atoms with Gasteiger partial charge in [0.05, 0.1) is 6.61 Å². The van der Waals surface area contributed by atoms with Gasteiger partial charge in [0.15, 0.2) is 9.39 Å². The minimum absolute atomic E-state index is 0.0445. The Balaban J connectivity index is 3.57. The Morgan fingerprint density at radius 3 is 2.38 bits per heavy atom. The monoisotopic (exact) mass is 152 g/mol. The minimum atomic E-state index is -3.12. The molecule has 0 rings (SSSR count). The fourth-order valence-electron chi connectivity index (χ4n) is 0.172. The van der Waals surface area contributed by atoms with Crippen molar-refractivity contribution < 1.29 is 12.6 Å². The van der Waals surface area contributed by atoms with Crippen molar-refractivity contribution in [1.29, 1.82) is 0 Å². The smallest absolute Gasteiger partial charge is 0.220 e. The van der Waals surface area contributed by atoms with E-state index in [1.54, 1.807) is 0 Å². The van der Waals surface area contributed by atoms with Crippen LogP contribution in [0.1, 0.15) is 0 Å². The van der Waals surface area contributed by atoms with E-state index in [-0.39, 0.29) is 16.0 Å². The molecule has 0 amide bonds. The van der Waals surface area contributed by atoms with E-state index in [4.69, 9.17) is 0 Å². The maximum atomic E-state index is 10.2. The Morgan fingerprint density at radius 2 is 2.25 bits per heavy atom. The highest BCUT2D eigenvalue weighted by molar-refractivity contribution is 8.08. The predicted molar refractivity (Wildman–Crippen MR) is 35.0 cm³/mol. The van der Waals surface area contributed by atoms with Gasteiger partial charge < -0.3 is 0 Å². The van der Waals surface area contributed by atoms with Crippen molar-refractivity contribution in [2.24, 2.45) is 0 Å². The molecule has 0 bridgehead atoms. The van der Waals surface area contributed by atoms with E-state index in [0.29, 0.717) is 0 Å². The number of hydrogen-bond donors (Lipinski definition) is 0. The molecule has 0 N–H and O–H groups in total. The molecule has 0 atom stereocenters.